The molecular formula is C26H32O3. The van der Waals surface area contributed by atoms with E-state index in [1.165, 1.54) is 5.56 Å². The van der Waals surface area contributed by atoms with Crippen molar-refractivity contribution in [3.63, 3.8) is 0 Å². The van der Waals surface area contributed by atoms with Gasteiger partial charge in [0.25, 0.3) is 0 Å². The van der Waals surface area contributed by atoms with Crippen molar-refractivity contribution < 1.29 is 14.3 Å². The fourth-order valence-electron chi connectivity index (χ4n) is 4.51. The minimum Gasteiger partial charge on any atom is -0.377 e. The first-order valence-corrected chi connectivity index (χ1v) is 10.8. The van der Waals surface area contributed by atoms with Crippen LogP contribution >= 0.6 is 0 Å². The largest absolute Gasteiger partial charge is 0.377 e. The van der Waals surface area contributed by atoms with Crippen molar-refractivity contribution in [3.8, 4) is 0 Å². The van der Waals surface area contributed by atoms with Crippen LogP contribution in [0.15, 0.2) is 42.5 Å². The Kier molecular flexibility index (Phi) is 7.38. The molecule has 0 N–H and O–H groups in total. The molecule has 29 heavy (non-hydrogen) atoms. The number of benzene rings is 2. The van der Waals surface area contributed by atoms with Gasteiger partial charge in [-0.25, -0.2) is 0 Å². The lowest BCUT2D eigenvalue weighted by molar-refractivity contribution is -0.134. The lowest BCUT2D eigenvalue weighted by Crippen LogP contribution is -2.33. The summed E-state index contributed by atoms with van der Waals surface area (Å²) in [5.74, 6) is -0.297. The topological polar surface area (TPSA) is 43.4 Å². The van der Waals surface area contributed by atoms with Gasteiger partial charge in [0.2, 0.25) is 0 Å². The van der Waals surface area contributed by atoms with E-state index in [0.717, 1.165) is 41.5 Å². The van der Waals surface area contributed by atoms with Gasteiger partial charge in [-0.1, -0.05) is 61.9 Å². The van der Waals surface area contributed by atoms with Crippen LogP contribution in [0, 0.1) is 12.8 Å². The van der Waals surface area contributed by atoms with Crippen LogP contribution in [0.5, 0.6) is 0 Å². The second-order valence-corrected chi connectivity index (χ2v) is 8.17. The molecule has 0 aromatic heterocycles. The molecule has 2 aromatic rings. The summed E-state index contributed by atoms with van der Waals surface area (Å²) in [4.78, 5) is 26.1. The third kappa shape index (κ3) is 5.22. The maximum absolute atomic E-state index is 13.0. The average Bonchev–Trinajstić information content (AvgIpc) is 2.72. The summed E-state index contributed by atoms with van der Waals surface area (Å²) in [6, 6.07) is 14.3. The van der Waals surface area contributed by atoms with Crippen LogP contribution < -0.4 is 0 Å². The van der Waals surface area contributed by atoms with Crippen molar-refractivity contribution in [2.24, 2.45) is 5.92 Å². The summed E-state index contributed by atoms with van der Waals surface area (Å²) in [6.45, 7) is 7.43. The van der Waals surface area contributed by atoms with Crippen LogP contribution in [0.4, 0.5) is 0 Å². The highest BCUT2D eigenvalue weighted by Crippen LogP contribution is 2.36. The molecule has 154 valence electrons. The molecule has 0 bridgehead atoms. The fraction of sp³-hybridized carbons (Fsp3) is 0.462. The molecule has 3 heteroatoms. The highest BCUT2D eigenvalue weighted by Gasteiger charge is 2.38. The Morgan fingerprint density at radius 2 is 1.52 bits per heavy atom. The van der Waals surface area contributed by atoms with Crippen LogP contribution in [-0.2, 0) is 33.8 Å². The van der Waals surface area contributed by atoms with Crippen LogP contribution in [-0.4, -0.2) is 18.2 Å². The highest BCUT2D eigenvalue weighted by atomic mass is 16.5. The molecule has 0 atom stereocenters. The van der Waals surface area contributed by atoms with Crippen LogP contribution in [0.3, 0.4) is 0 Å². The monoisotopic (exact) mass is 392 g/mol. The minimum atomic E-state index is -0.568. The van der Waals surface area contributed by atoms with Gasteiger partial charge in [0.15, 0.2) is 0 Å². The average molecular weight is 393 g/mol. The van der Waals surface area contributed by atoms with Gasteiger partial charge in [-0.05, 0) is 54.4 Å². The van der Waals surface area contributed by atoms with E-state index >= 15 is 0 Å². The Balaban J connectivity index is 1.63. The molecule has 1 aliphatic carbocycles. The molecule has 0 spiro atoms. The van der Waals surface area contributed by atoms with Crippen molar-refractivity contribution in [1.29, 1.82) is 0 Å². The highest BCUT2D eigenvalue weighted by molar-refractivity contribution is 6.10. The number of rotatable bonds is 8. The third-order valence-corrected chi connectivity index (χ3v) is 5.95. The normalized spacial score (nSPS) is 19.6. The van der Waals surface area contributed by atoms with E-state index in [0.29, 0.717) is 26.1 Å². The van der Waals surface area contributed by atoms with E-state index in [-0.39, 0.29) is 17.5 Å². The Morgan fingerprint density at radius 3 is 2.07 bits per heavy atom. The number of Topliss-reactive ketones (excluding diaryl/α,β-unsaturated/α-hetero) is 2. The molecule has 1 saturated carbocycles. The van der Waals surface area contributed by atoms with E-state index in [4.69, 9.17) is 4.74 Å². The molecule has 0 aliphatic heterocycles. The molecule has 3 rings (SSSR count). The molecule has 1 aliphatic rings. The maximum atomic E-state index is 13.0. The number of hydrogen-bond acceptors (Lipinski definition) is 3. The quantitative estimate of drug-likeness (QED) is 0.449. The Hall–Kier alpha value is -2.26. The Bertz CT molecular complexity index is 811. The van der Waals surface area contributed by atoms with Gasteiger partial charge < -0.3 is 4.74 Å². The van der Waals surface area contributed by atoms with Gasteiger partial charge in [-0.15, -0.1) is 0 Å². The summed E-state index contributed by atoms with van der Waals surface area (Å²) in [5, 5.41) is 0. The van der Waals surface area contributed by atoms with Crippen molar-refractivity contribution in [3.05, 3.63) is 70.3 Å². The predicted molar refractivity (Wildman–Crippen MR) is 116 cm³/mol. The van der Waals surface area contributed by atoms with E-state index in [9.17, 15) is 9.59 Å². The first-order chi connectivity index (χ1) is 14.0. The fourth-order valence-corrected chi connectivity index (χ4v) is 4.51. The van der Waals surface area contributed by atoms with Gasteiger partial charge in [0.05, 0.1) is 6.61 Å². The SMILES string of the molecule is CCc1cc(C)cc(CC)c1C1C(=O)CC(CCOCc2ccccc2)CC1=O. The third-order valence-electron chi connectivity index (χ3n) is 5.95. The molecule has 0 radical (unpaired) electrons. The van der Waals surface area contributed by atoms with Crippen molar-refractivity contribution in [1.82, 2.24) is 0 Å². The molecule has 3 nitrogen and oxygen atoms in total. The Morgan fingerprint density at radius 1 is 0.931 bits per heavy atom. The number of carbonyl (C=O) groups excluding carboxylic acids is 2. The summed E-state index contributed by atoms with van der Waals surface area (Å²) in [5.41, 5.74) is 5.64. The maximum Gasteiger partial charge on any atom is 0.148 e. The van der Waals surface area contributed by atoms with Crippen molar-refractivity contribution >= 4 is 11.6 Å². The smallest absolute Gasteiger partial charge is 0.148 e. The lowest BCUT2D eigenvalue weighted by Gasteiger charge is -2.29. The van der Waals surface area contributed by atoms with E-state index < -0.39 is 5.92 Å². The second-order valence-electron chi connectivity index (χ2n) is 8.17. The zero-order valence-electron chi connectivity index (χ0n) is 17.9. The Labute approximate surface area is 174 Å². The zero-order chi connectivity index (χ0) is 20.8. The van der Waals surface area contributed by atoms with E-state index in [1.54, 1.807) is 0 Å². The van der Waals surface area contributed by atoms with Gasteiger partial charge in [-0.2, -0.15) is 0 Å². The van der Waals surface area contributed by atoms with E-state index in [2.05, 4.69) is 32.9 Å². The standard InChI is InChI=1S/C26H32O3/c1-4-21-13-18(3)14-22(5-2)25(21)26-23(27)15-20(16-24(26)28)11-12-29-17-19-9-7-6-8-10-19/h6-10,13-14,20,26H,4-5,11-12,15-17H2,1-3H3. The second kappa shape index (κ2) is 9.98. The number of aryl methyl sites for hydroxylation is 3. The van der Waals surface area contributed by atoms with E-state index in [1.807, 2.05) is 30.3 Å². The molecule has 0 amide bonds. The van der Waals surface area contributed by atoms with Gasteiger partial charge >= 0.3 is 0 Å². The van der Waals surface area contributed by atoms with Crippen molar-refractivity contribution in [2.75, 3.05) is 6.61 Å². The van der Waals surface area contributed by atoms with Gasteiger partial charge in [0, 0.05) is 19.4 Å². The summed E-state index contributed by atoms with van der Waals surface area (Å²) in [7, 11) is 0. The predicted octanol–water partition coefficient (Wildman–Crippen LogP) is 5.36. The minimum absolute atomic E-state index is 0.0857. The van der Waals surface area contributed by atoms with Crippen LogP contribution in [0.25, 0.3) is 0 Å². The number of hydrogen-bond donors (Lipinski definition) is 0. The summed E-state index contributed by atoms with van der Waals surface area (Å²) < 4.78 is 5.77. The lowest BCUT2D eigenvalue weighted by atomic mass is 9.72. The first kappa shape index (κ1) is 21.4. The van der Waals surface area contributed by atoms with Crippen molar-refractivity contribution in [2.45, 2.75) is 65.4 Å². The molecule has 0 saturated heterocycles. The number of carbonyl (C=O) groups is 2. The molecule has 1 fully saturated rings. The van der Waals surface area contributed by atoms with Gasteiger partial charge in [-0.3, -0.25) is 9.59 Å². The van der Waals surface area contributed by atoms with Gasteiger partial charge in [0.1, 0.15) is 17.5 Å². The number of ether oxygens (including phenoxy) is 1. The van der Waals surface area contributed by atoms with Crippen LogP contribution in [0.1, 0.15) is 66.8 Å². The zero-order valence-corrected chi connectivity index (χ0v) is 17.9. The molecule has 2 aromatic carbocycles. The first-order valence-electron chi connectivity index (χ1n) is 10.8. The molecule has 0 heterocycles. The number of ketones is 2. The summed E-state index contributed by atoms with van der Waals surface area (Å²) in [6.07, 6.45) is 3.40. The molecule has 0 unspecified atom stereocenters. The molecular weight excluding hydrogens is 360 g/mol. The van der Waals surface area contributed by atoms with Crippen LogP contribution in [0.2, 0.25) is 0 Å². The summed E-state index contributed by atoms with van der Waals surface area (Å²) >= 11 is 0.